The first-order chi connectivity index (χ1) is 14.8. The van der Waals surface area contributed by atoms with E-state index in [4.69, 9.17) is 0 Å². The van der Waals surface area contributed by atoms with Crippen LogP contribution >= 0.6 is 45.3 Å². The van der Waals surface area contributed by atoms with Crippen LogP contribution in [-0.2, 0) is 0 Å². The van der Waals surface area contributed by atoms with Gasteiger partial charge in [0.25, 0.3) is 0 Å². The maximum atomic E-state index is 2.56. The summed E-state index contributed by atoms with van der Waals surface area (Å²) in [5, 5.41) is 0. The lowest BCUT2D eigenvalue weighted by molar-refractivity contribution is 1.83. The Morgan fingerprint density at radius 1 is 0.312 bits per heavy atom. The van der Waals surface area contributed by atoms with Gasteiger partial charge in [0.15, 0.2) is 0 Å². The second-order valence-corrected chi connectivity index (χ2v) is 35.7. The number of hydrogen-bond donors (Lipinski definition) is 0. The molecule has 0 saturated carbocycles. The van der Waals surface area contributed by atoms with E-state index in [0.29, 0.717) is 0 Å². The minimum absolute atomic E-state index is 1.65. The van der Waals surface area contributed by atoms with E-state index in [9.17, 15) is 0 Å². The Balaban J connectivity index is 1.76. The van der Waals surface area contributed by atoms with Crippen LogP contribution < -0.4 is 36.0 Å². The molecule has 0 N–H and O–H groups in total. The maximum absolute atomic E-state index is 2.56. The van der Waals surface area contributed by atoms with E-state index in [1.165, 1.54) is 0 Å². The summed E-state index contributed by atoms with van der Waals surface area (Å²) < 4.78 is 13.2. The second kappa shape index (κ2) is 7.58. The normalized spacial score (nSPS) is 20.2. The van der Waals surface area contributed by atoms with Gasteiger partial charge >= 0.3 is 0 Å². The predicted octanol–water partition coefficient (Wildman–Crippen LogP) is 3.54. The third-order valence-electron chi connectivity index (χ3n) is 7.35. The molecule has 4 aromatic heterocycles. The van der Waals surface area contributed by atoms with Crippen molar-refractivity contribution in [1.29, 1.82) is 0 Å². The molecular formula is C24H32S4Si4. The van der Waals surface area contributed by atoms with Crippen molar-refractivity contribution < 1.29 is 0 Å². The third-order valence-corrected chi connectivity index (χ3v) is 36.1. The van der Waals surface area contributed by atoms with E-state index in [-0.39, 0.29) is 0 Å². The van der Waals surface area contributed by atoms with E-state index in [1.807, 2.05) is 0 Å². The van der Waals surface area contributed by atoms with E-state index in [1.54, 1.807) is 36.0 Å². The van der Waals surface area contributed by atoms with Crippen LogP contribution in [0.5, 0.6) is 0 Å². The highest BCUT2D eigenvalue weighted by Crippen LogP contribution is 2.20. The van der Waals surface area contributed by atoms with E-state index in [2.05, 4.69) is 146 Å². The molecule has 5 heterocycles. The van der Waals surface area contributed by atoms with Crippen molar-refractivity contribution >= 4 is 114 Å². The quantitative estimate of drug-likeness (QED) is 0.289. The summed E-state index contributed by atoms with van der Waals surface area (Å²) in [6.07, 6.45) is 0. The van der Waals surface area contributed by atoms with Gasteiger partial charge in [-0.05, 0) is 36.0 Å². The average Bonchev–Trinajstić information content (AvgIpc) is 3.53. The van der Waals surface area contributed by atoms with Crippen LogP contribution in [0, 0.1) is 0 Å². The SMILES string of the molecule is C[Si]1(C)c2ccc(s2)[Si](C)(C)c2ccc(s2)[Si](C)(C)c2ccc(s2)[Si](C)(C)c2ccc1s2. The molecule has 0 aliphatic carbocycles. The lowest BCUT2D eigenvalue weighted by atomic mass is 10.7. The molecule has 0 nitrogen and oxygen atoms in total. The van der Waals surface area contributed by atoms with E-state index < -0.39 is 32.3 Å². The Labute approximate surface area is 213 Å². The molecule has 8 heteroatoms. The Kier molecular flexibility index (Phi) is 5.55. The van der Waals surface area contributed by atoms with Crippen LogP contribution in [-0.4, -0.2) is 32.3 Å². The van der Waals surface area contributed by atoms with Gasteiger partial charge in [0.1, 0.15) is 32.3 Å². The molecule has 1 aliphatic heterocycles. The van der Waals surface area contributed by atoms with Crippen molar-refractivity contribution in [3.05, 3.63) is 48.5 Å². The molecule has 0 fully saturated rings. The van der Waals surface area contributed by atoms with Crippen LogP contribution in [0.25, 0.3) is 0 Å². The first-order valence-corrected chi connectivity index (χ1v) is 26.5. The van der Waals surface area contributed by atoms with Crippen molar-refractivity contribution in [3.63, 3.8) is 0 Å². The number of fused-ring (bicyclic) bond motifs is 8. The molecule has 0 aromatic carbocycles. The second-order valence-electron chi connectivity index (χ2n) is 11.2. The van der Waals surface area contributed by atoms with Gasteiger partial charge in [-0.25, -0.2) is 0 Å². The molecule has 8 bridgehead atoms. The molecule has 0 saturated heterocycles. The molecule has 4 aromatic rings. The summed E-state index contributed by atoms with van der Waals surface area (Å²) in [5.41, 5.74) is 0. The number of rotatable bonds is 0. The summed E-state index contributed by atoms with van der Waals surface area (Å²) in [6, 6.07) is 19.9. The number of hydrogen-bond acceptors (Lipinski definition) is 4. The summed E-state index contributed by atoms with van der Waals surface area (Å²) in [5.74, 6) is 0. The van der Waals surface area contributed by atoms with Gasteiger partial charge in [-0.2, -0.15) is 45.3 Å². The van der Waals surface area contributed by atoms with Gasteiger partial charge < -0.3 is 0 Å². The standard InChI is InChI=1S/C24H32S4Si4/c1-29(2)17-9-11-19(25-17)30(3,4)21-13-15-23(27-21)32(7,8)24-16-14-22(28-24)31(5,6)20-12-10-18(29)26-20/h9-16H,1-8H3. The monoisotopic (exact) mass is 560 g/mol. The van der Waals surface area contributed by atoms with Crippen molar-refractivity contribution in [2.24, 2.45) is 0 Å². The maximum Gasteiger partial charge on any atom is 0.137 e. The van der Waals surface area contributed by atoms with Gasteiger partial charge in [-0.3, -0.25) is 0 Å². The average molecular weight is 561 g/mol. The molecule has 168 valence electrons. The zero-order valence-corrected chi connectivity index (χ0v) is 27.5. The fraction of sp³-hybridized carbons (Fsp3) is 0.333. The third kappa shape index (κ3) is 3.48. The van der Waals surface area contributed by atoms with Gasteiger partial charge in [0, 0.05) is 0 Å². The van der Waals surface area contributed by atoms with Crippen LogP contribution in [0.1, 0.15) is 0 Å². The van der Waals surface area contributed by atoms with Crippen molar-refractivity contribution in [2.75, 3.05) is 0 Å². The van der Waals surface area contributed by atoms with E-state index in [0.717, 1.165) is 0 Å². The lowest BCUT2D eigenvalue weighted by Gasteiger charge is -2.24. The molecule has 0 radical (unpaired) electrons. The molecule has 0 atom stereocenters. The molecule has 1 aliphatic rings. The summed E-state index contributed by atoms with van der Waals surface area (Å²) in [7, 11) is -6.67. The van der Waals surface area contributed by atoms with Crippen molar-refractivity contribution in [3.8, 4) is 0 Å². The van der Waals surface area contributed by atoms with Crippen molar-refractivity contribution in [1.82, 2.24) is 0 Å². The Bertz CT molecular complexity index is 1020. The summed E-state index contributed by atoms with van der Waals surface area (Å²) in [4.78, 5) is 0. The zero-order chi connectivity index (χ0) is 23.1. The van der Waals surface area contributed by atoms with Crippen LogP contribution in [0.2, 0.25) is 52.4 Å². The molecule has 5 rings (SSSR count). The lowest BCUT2D eigenvalue weighted by Crippen LogP contribution is -2.54. The zero-order valence-electron chi connectivity index (χ0n) is 20.3. The Hall–Kier alpha value is -0.332. The minimum atomic E-state index is -1.67. The summed E-state index contributed by atoms with van der Waals surface area (Å²) in [6.45, 7) is 20.5. The molecule has 0 unspecified atom stereocenters. The van der Waals surface area contributed by atoms with E-state index >= 15 is 0 Å². The Morgan fingerprint density at radius 3 is 0.562 bits per heavy atom. The minimum Gasteiger partial charge on any atom is -0.154 e. The van der Waals surface area contributed by atoms with Crippen LogP contribution in [0.4, 0.5) is 0 Å². The fourth-order valence-corrected chi connectivity index (χ4v) is 27.0. The fourth-order valence-electron chi connectivity index (χ4n) is 4.52. The largest absolute Gasteiger partial charge is 0.154 e. The molecular weight excluding hydrogens is 529 g/mol. The first kappa shape index (κ1) is 23.4. The van der Waals surface area contributed by atoms with Gasteiger partial charge in [-0.1, -0.05) is 101 Å². The van der Waals surface area contributed by atoms with Gasteiger partial charge in [-0.15, -0.1) is 0 Å². The summed E-state index contributed by atoms with van der Waals surface area (Å²) >= 11 is 8.54. The highest BCUT2D eigenvalue weighted by atomic mass is 32.1. The first-order valence-electron chi connectivity index (χ1n) is 11.3. The van der Waals surface area contributed by atoms with Gasteiger partial charge in [0.2, 0.25) is 0 Å². The highest BCUT2D eigenvalue weighted by Gasteiger charge is 2.39. The molecule has 0 spiro atoms. The highest BCUT2D eigenvalue weighted by molar-refractivity contribution is 7.49. The van der Waals surface area contributed by atoms with Crippen LogP contribution in [0.3, 0.4) is 0 Å². The van der Waals surface area contributed by atoms with Crippen molar-refractivity contribution in [2.45, 2.75) is 52.4 Å². The molecule has 0 amide bonds. The number of thiophene rings is 4. The van der Waals surface area contributed by atoms with Crippen LogP contribution in [0.15, 0.2) is 48.5 Å². The smallest absolute Gasteiger partial charge is 0.137 e. The topological polar surface area (TPSA) is 0 Å². The molecule has 32 heavy (non-hydrogen) atoms. The Morgan fingerprint density at radius 2 is 0.438 bits per heavy atom. The van der Waals surface area contributed by atoms with Gasteiger partial charge in [0.05, 0.1) is 0 Å². The predicted molar refractivity (Wildman–Crippen MR) is 164 cm³/mol.